The highest BCUT2D eigenvalue weighted by Crippen LogP contribution is 2.53. The number of sulfone groups is 1. The van der Waals surface area contributed by atoms with Gasteiger partial charge < -0.3 is 10.6 Å². The third-order valence-electron chi connectivity index (χ3n) is 4.74. The molecule has 0 spiro atoms. The third kappa shape index (κ3) is 6.95. The van der Waals surface area contributed by atoms with Crippen LogP contribution in [0, 0.1) is 10.4 Å². The summed E-state index contributed by atoms with van der Waals surface area (Å²) in [4.78, 5) is 26.5. The fourth-order valence-electron chi connectivity index (χ4n) is 3.30. The van der Waals surface area contributed by atoms with Crippen LogP contribution in [0.2, 0.25) is 0 Å². The average molecular weight is 688 g/mol. The first-order chi connectivity index (χ1) is 19.5. The van der Waals surface area contributed by atoms with E-state index in [1.807, 2.05) is 0 Å². The molecule has 0 aliphatic heterocycles. The maximum absolute atomic E-state index is 15.0. The van der Waals surface area contributed by atoms with Crippen molar-refractivity contribution in [2.45, 2.75) is 44.3 Å². The van der Waals surface area contributed by atoms with Crippen molar-refractivity contribution in [2.24, 2.45) is 0 Å². The highest BCUT2D eigenvalue weighted by molar-refractivity contribution is 14.1. The van der Waals surface area contributed by atoms with Crippen molar-refractivity contribution in [1.29, 1.82) is 0 Å². The maximum atomic E-state index is 15.0. The number of rotatable bonds is 7. The number of amides is 2. The number of benzene rings is 2. The van der Waals surface area contributed by atoms with Crippen LogP contribution in [-0.4, -0.2) is 50.1 Å². The van der Waals surface area contributed by atoms with E-state index < -0.39 is 104 Å². The van der Waals surface area contributed by atoms with Gasteiger partial charge in [0.1, 0.15) is 9.84 Å². The Bertz CT molecular complexity index is 1600. The van der Waals surface area contributed by atoms with Gasteiger partial charge in [-0.3, -0.25) is 9.59 Å². The Kier molecular flexibility index (Phi) is 6.56. The molecule has 0 atom stereocenters. The van der Waals surface area contributed by atoms with Gasteiger partial charge in [0.2, 0.25) is 0 Å². The van der Waals surface area contributed by atoms with Crippen molar-refractivity contribution in [3.63, 3.8) is 0 Å². The Morgan fingerprint density at radius 3 is 2.11 bits per heavy atom. The van der Waals surface area contributed by atoms with Gasteiger partial charge in [-0.25, -0.2) is 12.8 Å². The van der Waals surface area contributed by atoms with Crippen molar-refractivity contribution in [3.05, 3.63) is 62.2 Å². The summed E-state index contributed by atoms with van der Waals surface area (Å²) in [6.07, 6.45) is -12.8. The van der Waals surface area contributed by atoms with Gasteiger partial charge in [-0.15, -0.1) is 0 Å². The van der Waals surface area contributed by atoms with Gasteiger partial charge in [0, 0.05) is 30.7 Å². The lowest BCUT2D eigenvalue weighted by molar-refractivity contribution is -0.348. The average Bonchev–Trinajstić information content (AvgIpc) is 2.77. The lowest BCUT2D eigenvalue weighted by Crippen LogP contribution is -2.50. The summed E-state index contributed by atoms with van der Waals surface area (Å²) in [5.74, 6) is -3.03. The highest BCUT2D eigenvalue weighted by Gasteiger charge is 2.73. The summed E-state index contributed by atoms with van der Waals surface area (Å²) in [6.45, 7) is -1.15. The van der Waals surface area contributed by atoms with E-state index in [0.29, 0.717) is 0 Å². The first kappa shape index (κ1) is 23.5. The summed E-state index contributed by atoms with van der Waals surface area (Å²) in [6, 6.07) is -2.70. The normalized spacial score (nSPS) is 15.9. The minimum atomic E-state index is -6.85. The number of anilines is 1. The summed E-state index contributed by atoms with van der Waals surface area (Å²) in [7, 11) is -3.62. The molecule has 2 aromatic rings. The summed E-state index contributed by atoms with van der Waals surface area (Å²) >= 11 is 1.61. The molecule has 0 aromatic heterocycles. The van der Waals surface area contributed by atoms with Crippen LogP contribution in [0.15, 0.2) is 36.3 Å². The van der Waals surface area contributed by atoms with E-state index in [4.69, 9.17) is 8.22 Å². The molecular formula is C23H22F7IN2O4S. The second kappa shape index (κ2) is 10.6. The minimum Gasteiger partial charge on any atom is -0.346 e. The minimum absolute atomic E-state index is 0.0697. The molecule has 0 fully saturated rings. The first-order valence-corrected chi connectivity index (χ1v) is 13.2. The molecule has 0 aliphatic carbocycles. The molecule has 0 aliphatic rings. The van der Waals surface area contributed by atoms with Crippen molar-refractivity contribution >= 4 is 49.9 Å². The molecule has 2 N–H and O–H groups in total. The van der Waals surface area contributed by atoms with Crippen LogP contribution in [0.5, 0.6) is 0 Å². The molecule has 0 unspecified atom stereocenters. The van der Waals surface area contributed by atoms with E-state index in [-0.39, 0.29) is 3.57 Å². The standard InChI is InChI=1S/C23H22F7IN2O4S/c1-12-10-13(21(24,22(25,26)27)23(28,29)30)8-9-16(12)32-18(34)14-6-5-7-15(31)17(14)19(35)33-20(2,3)11-38(4,36)37/h5-10H,11H2,1-4H3,(H,32,34)(H,33,35)/i1D3,8D,9D,10D. The topological polar surface area (TPSA) is 92.3 Å². The van der Waals surface area contributed by atoms with E-state index in [2.05, 4.69) is 5.32 Å². The molecule has 2 amide bonds. The molecule has 0 radical (unpaired) electrons. The van der Waals surface area contributed by atoms with Gasteiger partial charge in [0.15, 0.2) is 0 Å². The SMILES string of the molecule is [2H]c1c([2H])c(C(F)(C(F)(F)F)C(F)(F)F)c([2H])c(C([2H])([2H])[2H])c1NC(=O)c1cccc(I)c1C(=O)NC(C)(C)CS(C)(=O)=O. The molecule has 6 nitrogen and oxygen atoms in total. The van der Waals surface area contributed by atoms with Crippen molar-refractivity contribution in [1.82, 2.24) is 5.32 Å². The fraction of sp³-hybridized carbons (Fsp3) is 0.391. The molecule has 2 rings (SSSR count). The fourth-order valence-corrected chi connectivity index (χ4v) is 5.43. The van der Waals surface area contributed by atoms with Gasteiger partial charge in [-0.1, -0.05) is 18.2 Å². The van der Waals surface area contributed by atoms with Crippen LogP contribution in [0.25, 0.3) is 0 Å². The summed E-state index contributed by atoms with van der Waals surface area (Å²) in [5.41, 5.74) is -14.9. The molecule has 15 heteroatoms. The molecule has 0 saturated carbocycles. The Labute approximate surface area is 235 Å². The zero-order valence-corrected chi connectivity index (χ0v) is 22.5. The van der Waals surface area contributed by atoms with E-state index in [9.17, 15) is 48.7 Å². The van der Waals surface area contributed by atoms with Gasteiger partial charge in [-0.05, 0) is 67.0 Å². The quantitative estimate of drug-likeness (QED) is 0.289. The number of alkyl halides is 7. The maximum Gasteiger partial charge on any atom is 0.435 e. The summed E-state index contributed by atoms with van der Waals surface area (Å²) < 4.78 is 166. The Morgan fingerprint density at radius 2 is 1.61 bits per heavy atom. The molecular weight excluding hydrogens is 660 g/mol. The lowest BCUT2D eigenvalue weighted by atomic mass is 9.92. The number of halogens is 8. The van der Waals surface area contributed by atoms with Crippen LogP contribution in [0.3, 0.4) is 0 Å². The van der Waals surface area contributed by atoms with Crippen molar-refractivity contribution < 1.29 is 57.0 Å². The summed E-state index contributed by atoms with van der Waals surface area (Å²) in [5, 5.41) is 4.17. The second-order valence-corrected chi connectivity index (χ2v) is 12.0. The van der Waals surface area contributed by atoms with E-state index in [1.165, 1.54) is 26.0 Å². The van der Waals surface area contributed by atoms with Gasteiger partial charge in [0.05, 0.1) is 21.0 Å². The Balaban J connectivity index is 2.82. The van der Waals surface area contributed by atoms with Gasteiger partial charge in [0.25, 0.3) is 11.8 Å². The van der Waals surface area contributed by atoms with Crippen LogP contribution in [-0.2, 0) is 15.5 Å². The predicted octanol–water partition coefficient (Wildman–Crippen LogP) is 5.69. The molecule has 0 heterocycles. The molecule has 0 bridgehead atoms. The largest absolute Gasteiger partial charge is 0.435 e. The number of carbonyl (C=O) groups is 2. The third-order valence-corrected chi connectivity index (χ3v) is 6.88. The Hall–Kier alpha value is -2.43. The van der Waals surface area contributed by atoms with E-state index in [0.717, 1.165) is 12.3 Å². The predicted molar refractivity (Wildman–Crippen MR) is 134 cm³/mol. The Morgan fingerprint density at radius 1 is 1.03 bits per heavy atom. The van der Waals surface area contributed by atoms with E-state index >= 15 is 0 Å². The lowest BCUT2D eigenvalue weighted by Gasteiger charge is -2.30. The van der Waals surface area contributed by atoms with Crippen LogP contribution in [0.4, 0.5) is 36.4 Å². The van der Waals surface area contributed by atoms with E-state index in [1.54, 1.807) is 27.9 Å². The smallest absolute Gasteiger partial charge is 0.346 e. The van der Waals surface area contributed by atoms with Crippen LogP contribution < -0.4 is 10.6 Å². The number of nitrogens with one attached hydrogen (secondary N) is 2. The van der Waals surface area contributed by atoms with Crippen LogP contribution >= 0.6 is 22.6 Å². The molecule has 2 aromatic carbocycles. The first-order valence-electron chi connectivity index (χ1n) is 13.0. The second-order valence-electron chi connectivity index (χ2n) is 8.68. The number of hydrogen-bond acceptors (Lipinski definition) is 4. The number of hydrogen-bond donors (Lipinski definition) is 2. The van der Waals surface area contributed by atoms with Crippen LogP contribution in [0.1, 0.15) is 53.9 Å². The number of carbonyl (C=O) groups excluding carboxylic acids is 2. The zero-order chi connectivity index (χ0) is 34.6. The van der Waals surface area contributed by atoms with Crippen molar-refractivity contribution in [3.8, 4) is 0 Å². The van der Waals surface area contributed by atoms with Gasteiger partial charge in [-0.2, -0.15) is 26.3 Å². The highest BCUT2D eigenvalue weighted by atomic mass is 127. The van der Waals surface area contributed by atoms with Gasteiger partial charge >= 0.3 is 18.0 Å². The molecule has 210 valence electrons. The van der Waals surface area contributed by atoms with Crippen molar-refractivity contribution in [2.75, 3.05) is 17.3 Å². The molecule has 38 heavy (non-hydrogen) atoms. The zero-order valence-electron chi connectivity index (χ0n) is 25.5. The monoisotopic (exact) mass is 688 g/mol. The molecule has 0 saturated heterocycles.